The van der Waals surface area contributed by atoms with E-state index in [1.807, 2.05) is 91.0 Å². The number of benzene rings is 3. The van der Waals surface area contributed by atoms with Crippen LogP contribution in [0.1, 0.15) is 18.1 Å². The predicted molar refractivity (Wildman–Crippen MR) is 103 cm³/mol. The Morgan fingerprint density at radius 3 is 1.78 bits per heavy atom. The molecule has 3 aromatic carbocycles. The molecule has 0 aromatic heterocycles. The third kappa shape index (κ3) is 3.47. The monoisotopic (exact) mass is 357 g/mol. The maximum atomic E-state index is 13.6. The molecule has 3 aromatic rings. The molecule has 134 valence electrons. The molecule has 1 fully saturated rings. The molecule has 4 nitrogen and oxygen atoms in total. The van der Waals surface area contributed by atoms with Crippen molar-refractivity contribution >= 4 is 23.3 Å². The Morgan fingerprint density at radius 1 is 0.778 bits per heavy atom. The predicted octanol–water partition coefficient (Wildman–Crippen LogP) is 4.66. The Bertz CT molecular complexity index is 886. The second-order valence-corrected chi connectivity index (χ2v) is 6.48. The highest BCUT2D eigenvalue weighted by Gasteiger charge is 2.43. The molecular weight excluding hydrogens is 338 g/mol. The van der Waals surface area contributed by atoms with Crippen LogP contribution in [0.4, 0.5) is 11.4 Å². The summed E-state index contributed by atoms with van der Waals surface area (Å²) in [5, 5.41) is 0. The van der Waals surface area contributed by atoms with Gasteiger partial charge >= 0.3 is 5.97 Å². The number of anilines is 2. The van der Waals surface area contributed by atoms with Crippen molar-refractivity contribution in [3.8, 4) is 0 Å². The molecule has 0 aliphatic carbocycles. The van der Waals surface area contributed by atoms with Gasteiger partial charge in [0.2, 0.25) is 5.91 Å². The molecule has 4 heteroatoms. The quantitative estimate of drug-likeness (QED) is 0.638. The van der Waals surface area contributed by atoms with Crippen LogP contribution in [-0.4, -0.2) is 11.9 Å². The van der Waals surface area contributed by atoms with Crippen molar-refractivity contribution in [2.45, 2.75) is 12.5 Å². The third-order valence-corrected chi connectivity index (χ3v) is 4.70. The van der Waals surface area contributed by atoms with Gasteiger partial charge in [-0.1, -0.05) is 66.7 Å². The van der Waals surface area contributed by atoms with Crippen molar-refractivity contribution in [2.24, 2.45) is 5.92 Å². The van der Waals surface area contributed by atoms with Gasteiger partial charge in [-0.25, -0.2) is 0 Å². The normalized spacial score (nSPS) is 18.7. The van der Waals surface area contributed by atoms with Crippen LogP contribution in [0.2, 0.25) is 0 Å². The minimum atomic E-state index is -0.569. The Hall–Kier alpha value is -3.40. The first-order valence-corrected chi connectivity index (χ1v) is 8.92. The lowest BCUT2D eigenvalue weighted by Gasteiger charge is -2.27. The van der Waals surface area contributed by atoms with E-state index >= 15 is 0 Å². The lowest BCUT2D eigenvalue weighted by Crippen LogP contribution is -2.34. The standard InChI is InChI=1S/C23H19NO3/c25-21-16-20(22(27-21)17-10-4-1-5-11-17)23(26)24(18-12-6-2-7-13-18)19-14-8-3-9-15-19/h1-15,20,22H,16H2. The van der Waals surface area contributed by atoms with Crippen molar-refractivity contribution in [1.82, 2.24) is 0 Å². The number of ether oxygens (including phenoxy) is 1. The number of nitrogens with zero attached hydrogens (tertiary/aromatic N) is 1. The highest BCUT2D eigenvalue weighted by molar-refractivity contribution is 6.04. The van der Waals surface area contributed by atoms with Gasteiger partial charge in [0.1, 0.15) is 6.10 Å². The van der Waals surface area contributed by atoms with Gasteiger partial charge in [0.15, 0.2) is 0 Å². The Labute approximate surface area is 158 Å². The Kier molecular flexibility index (Phi) is 4.71. The van der Waals surface area contributed by atoms with E-state index in [0.717, 1.165) is 16.9 Å². The fourth-order valence-corrected chi connectivity index (χ4v) is 3.44. The van der Waals surface area contributed by atoms with E-state index in [9.17, 15) is 9.59 Å². The van der Waals surface area contributed by atoms with Gasteiger partial charge in [-0.05, 0) is 29.8 Å². The number of carbonyl (C=O) groups excluding carboxylic acids is 2. The molecule has 2 atom stereocenters. The number of hydrogen-bond donors (Lipinski definition) is 0. The number of amides is 1. The van der Waals surface area contributed by atoms with Crippen molar-refractivity contribution < 1.29 is 14.3 Å². The van der Waals surface area contributed by atoms with Crippen LogP contribution in [0, 0.1) is 5.92 Å². The number of para-hydroxylation sites is 2. The van der Waals surface area contributed by atoms with Gasteiger partial charge in [-0.3, -0.25) is 14.5 Å². The van der Waals surface area contributed by atoms with E-state index in [2.05, 4.69) is 0 Å². The van der Waals surface area contributed by atoms with Crippen molar-refractivity contribution in [2.75, 3.05) is 4.90 Å². The maximum absolute atomic E-state index is 13.6. The second kappa shape index (κ2) is 7.46. The summed E-state index contributed by atoms with van der Waals surface area (Å²) in [6.45, 7) is 0. The van der Waals surface area contributed by atoms with E-state index in [1.54, 1.807) is 4.90 Å². The molecule has 0 bridgehead atoms. The first-order chi connectivity index (χ1) is 13.2. The van der Waals surface area contributed by atoms with Crippen LogP contribution >= 0.6 is 0 Å². The van der Waals surface area contributed by atoms with Gasteiger partial charge in [0.05, 0.1) is 12.3 Å². The van der Waals surface area contributed by atoms with E-state index in [-0.39, 0.29) is 18.3 Å². The molecule has 1 aliphatic rings. The summed E-state index contributed by atoms with van der Waals surface area (Å²) < 4.78 is 5.52. The zero-order valence-corrected chi connectivity index (χ0v) is 14.7. The van der Waals surface area contributed by atoms with Crippen molar-refractivity contribution in [3.05, 3.63) is 96.6 Å². The van der Waals surface area contributed by atoms with E-state index in [0.29, 0.717) is 0 Å². The van der Waals surface area contributed by atoms with Crippen LogP contribution in [0.25, 0.3) is 0 Å². The Morgan fingerprint density at radius 2 is 1.26 bits per heavy atom. The highest BCUT2D eigenvalue weighted by atomic mass is 16.6. The first-order valence-electron chi connectivity index (χ1n) is 8.92. The molecule has 27 heavy (non-hydrogen) atoms. The Balaban J connectivity index is 1.74. The van der Waals surface area contributed by atoms with Crippen LogP contribution in [-0.2, 0) is 14.3 Å². The summed E-state index contributed by atoms with van der Waals surface area (Å²) in [4.78, 5) is 27.3. The van der Waals surface area contributed by atoms with Gasteiger partial charge in [0.25, 0.3) is 0 Å². The highest BCUT2D eigenvalue weighted by Crippen LogP contribution is 2.39. The fourth-order valence-electron chi connectivity index (χ4n) is 3.44. The number of rotatable bonds is 4. The van der Waals surface area contributed by atoms with Gasteiger partial charge in [0, 0.05) is 11.4 Å². The molecule has 1 heterocycles. The summed E-state index contributed by atoms with van der Waals surface area (Å²) in [5.41, 5.74) is 2.36. The largest absolute Gasteiger partial charge is 0.457 e. The number of cyclic esters (lactones) is 1. The molecule has 1 saturated heterocycles. The average Bonchev–Trinajstić information content (AvgIpc) is 3.12. The molecule has 2 unspecified atom stereocenters. The van der Waals surface area contributed by atoms with Crippen molar-refractivity contribution in [3.63, 3.8) is 0 Å². The zero-order chi connectivity index (χ0) is 18.6. The number of esters is 1. The summed E-state index contributed by atoms with van der Waals surface area (Å²) >= 11 is 0. The molecular formula is C23H19NO3. The lowest BCUT2D eigenvalue weighted by molar-refractivity contribution is -0.141. The molecule has 1 amide bonds. The van der Waals surface area contributed by atoms with E-state index in [1.165, 1.54) is 0 Å². The van der Waals surface area contributed by atoms with Crippen LogP contribution in [0.3, 0.4) is 0 Å². The smallest absolute Gasteiger partial charge is 0.307 e. The summed E-state index contributed by atoms with van der Waals surface area (Å²) in [7, 11) is 0. The average molecular weight is 357 g/mol. The zero-order valence-electron chi connectivity index (χ0n) is 14.7. The van der Waals surface area contributed by atoms with Gasteiger partial charge in [-0.2, -0.15) is 0 Å². The van der Waals surface area contributed by atoms with E-state index < -0.39 is 12.0 Å². The number of hydrogen-bond acceptors (Lipinski definition) is 3. The van der Waals surface area contributed by atoms with Gasteiger partial charge in [-0.15, -0.1) is 0 Å². The molecule has 0 spiro atoms. The maximum Gasteiger partial charge on any atom is 0.307 e. The molecule has 0 radical (unpaired) electrons. The summed E-state index contributed by atoms with van der Waals surface area (Å²) in [6.07, 6.45) is -0.490. The summed E-state index contributed by atoms with van der Waals surface area (Å²) in [6, 6.07) is 28.4. The SMILES string of the molecule is O=C1CC(C(=O)N(c2ccccc2)c2ccccc2)C(c2ccccc2)O1. The minimum absolute atomic E-state index is 0.0779. The summed E-state index contributed by atoms with van der Waals surface area (Å²) in [5.74, 6) is -1.06. The molecule has 0 saturated carbocycles. The number of carbonyl (C=O) groups is 2. The molecule has 4 rings (SSSR count). The lowest BCUT2D eigenvalue weighted by atomic mass is 9.93. The second-order valence-electron chi connectivity index (χ2n) is 6.48. The van der Waals surface area contributed by atoms with Crippen LogP contribution in [0.5, 0.6) is 0 Å². The van der Waals surface area contributed by atoms with Crippen LogP contribution in [0.15, 0.2) is 91.0 Å². The topological polar surface area (TPSA) is 46.6 Å². The molecule has 1 aliphatic heterocycles. The van der Waals surface area contributed by atoms with E-state index in [4.69, 9.17) is 4.74 Å². The minimum Gasteiger partial charge on any atom is -0.457 e. The van der Waals surface area contributed by atoms with Crippen LogP contribution < -0.4 is 4.90 Å². The third-order valence-electron chi connectivity index (χ3n) is 4.70. The fraction of sp³-hybridized carbons (Fsp3) is 0.130. The van der Waals surface area contributed by atoms with Crippen molar-refractivity contribution in [1.29, 1.82) is 0 Å². The van der Waals surface area contributed by atoms with Gasteiger partial charge < -0.3 is 4.74 Å². The first kappa shape index (κ1) is 17.0. The molecule has 0 N–H and O–H groups in total.